The molecule has 2 atom stereocenters. The van der Waals surface area contributed by atoms with Crippen molar-refractivity contribution in [2.24, 2.45) is 5.73 Å². The van der Waals surface area contributed by atoms with Gasteiger partial charge in [-0.2, -0.15) is 5.26 Å². The Hall–Kier alpha value is -5.21. The van der Waals surface area contributed by atoms with Gasteiger partial charge in [0, 0.05) is 34.8 Å². The number of benzene rings is 3. The van der Waals surface area contributed by atoms with E-state index < -0.39 is 15.8 Å². The lowest BCUT2D eigenvalue weighted by Crippen LogP contribution is -2.40. The first-order valence-electron chi connectivity index (χ1n) is 13.0. The average Bonchev–Trinajstić information content (AvgIpc) is 2.97. The molecule has 0 spiro atoms. The minimum atomic E-state index is -1.11. The minimum Gasteiger partial charge on any atom is -0.494 e. The Morgan fingerprint density at radius 1 is 1.07 bits per heavy atom. The number of hydrogen-bond acceptors (Lipinski definition) is 9. The number of rotatable bonds is 7. The zero-order chi connectivity index (χ0) is 30.1. The molecule has 0 aromatic heterocycles. The Labute approximate surface area is 245 Å². The van der Waals surface area contributed by atoms with Crippen molar-refractivity contribution < 1.29 is 19.4 Å². The topological polar surface area (TPSA) is 166 Å². The van der Waals surface area contributed by atoms with Gasteiger partial charge < -0.3 is 10.5 Å². The van der Waals surface area contributed by atoms with Crippen molar-refractivity contribution in [3.05, 3.63) is 126 Å². The van der Waals surface area contributed by atoms with E-state index in [1.54, 1.807) is 13.0 Å². The van der Waals surface area contributed by atoms with Crippen molar-refractivity contribution in [3.63, 3.8) is 0 Å². The van der Waals surface area contributed by atoms with E-state index in [2.05, 4.69) is 6.07 Å². The maximum Gasteiger partial charge on any atom is 0.296 e. The van der Waals surface area contributed by atoms with Crippen LogP contribution in [0.3, 0.4) is 0 Å². The van der Waals surface area contributed by atoms with Gasteiger partial charge in [0.2, 0.25) is 0 Å². The summed E-state index contributed by atoms with van der Waals surface area (Å²) in [6.45, 7) is 2.03. The van der Waals surface area contributed by atoms with Crippen LogP contribution in [0.25, 0.3) is 0 Å². The van der Waals surface area contributed by atoms with Crippen molar-refractivity contribution in [1.29, 1.82) is 5.26 Å². The third kappa shape index (κ3) is 4.93. The Morgan fingerprint density at radius 3 is 2.45 bits per heavy atom. The van der Waals surface area contributed by atoms with E-state index in [0.717, 1.165) is 5.56 Å². The molecule has 0 amide bonds. The second-order valence-corrected chi connectivity index (χ2v) is 10.2. The van der Waals surface area contributed by atoms with Gasteiger partial charge in [-0.05, 0) is 48.6 Å². The molecule has 3 aromatic rings. The van der Waals surface area contributed by atoms with Gasteiger partial charge in [-0.1, -0.05) is 41.9 Å². The van der Waals surface area contributed by atoms with Gasteiger partial charge in [-0.25, -0.2) is 0 Å². The van der Waals surface area contributed by atoms with E-state index >= 15 is 0 Å². The summed E-state index contributed by atoms with van der Waals surface area (Å²) in [6, 6.07) is 19.5. The number of allylic oxidation sites excluding steroid dienone is 3. The molecule has 5 rings (SSSR count). The lowest BCUT2D eigenvalue weighted by Gasteiger charge is -2.41. The lowest BCUT2D eigenvalue weighted by molar-refractivity contribution is -0.384. The van der Waals surface area contributed by atoms with Gasteiger partial charge in [0.25, 0.3) is 11.4 Å². The van der Waals surface area contributed by atoms with E-state index in [1.807, 2.05) is 30.3 Å². The summed E-state index contributed by atoms with van der Waals surface area (Å²) >= 11 is 6.53. The molecule has 3 aromatic carbocycles. The molecule has 2 N–H and O–H groups in total. The summed E-state index contributed by atoms with van der Waals surface area (Å²) in [5.74, 6) is -1.60. The first kappa shape index (κ1) is 28.3. The molecule has 11 nitrogen and oxygen atoms in total. The Kier molecular flexibility index (Phi) is 7.65. The van der Waals surface area contributed by atoms with Gasteiger partial charge in [-0.3, -0.25) is 29.9 Å². The number of nitro benzene ring substituents is 2. The molecular formula is C30H24ClN5O6. The van der Waals surface area contributed by atoms with Crippen LogP contribution in [0.4, 0.5) is 17.1 Å². The highest BCUT2D eigenvalue weighted by atomic mass is 35.5. The molecule has 12 heteroatoms. The quantitative estimate of drug-likeness (QED) is 0.249. The Morgan fingerprint density at radius 2 is 1.81 bits per heavy atom. The fourth-order valence-corrected chi connectivity index (χ4v) is 5.86. The standard InChI is InChI=1S/C30H24ClN5O6/c1-2-42-20-9-11-24(25(15-20)36(40)41)34-26-12-18(17-6-4-3-5-7-17)13-27(37)29(26)28(22(16-32)30(34)33)21-14-19(35(38)39)8-10-23(21)31/h3-11,14-15,18,28H,2,12-13,33H2,1H3/t18-,28-/m0/s1. The van der Waals surface area contributed by atoms with Crippen LogP contribution in [0, 0.1) is 31.6 Å². The third-order valence-electron chi connectivity index (χ3n) is 7.44. The zero-order valence-electron chi connectivity index (χ0n) is 22.3. The maximum absolute atomic E-state index is 14.0. The third-order valence-corrected chi connectivity index (χ3v) is 7.78. The number of non-ortho nitro benzene ring substituents is 1. The zero-order valence-corrected chi connectivity index (χ0v) is 23.1. The van der Waals surface area contributed by atoms with Crippen molar-refractivity contribution in [1.82, 2.24) is 0 Å². The van der Waals surface area contributed by atoms with Crippen molar-refractivity contribution in [2.75, 3.05) is 11.5 Å². The number of nitrogens with two attached hydrogens (primary N) is 1. The average molecular weight is 586 g/mol. The minimum absolute atomic E-state index is 0.0475. The number of carbonyl (C=O) groups excluding carboxylic acids is 1. The SMILES string of the molecule is CCOc1ccc(N2C(N)=C(C#N)[C@H](c3cc([N+](=O)[O-])ccc3Cl)C3=C2C[C@H](c2ccccc2)CC3=O)c([N+](=O)[O-])c1. The molecule has 1 aliphatic heterocycles. The van der Waals surface area contributed by atoms with E-state index in [0.29, 0.717) is 5.70 Å². The Balaban J connectivity index is 1.80. The number of carbonyl (C=O) groups is 1. The molecule has 2 aliphatic rings. The van der Waals surface area contributed by atoms with Crippen LogP contribution in [-0.2, 0) is 4.79 Å². The number of Topliss-reactive ketones (excluding diaryl/α,β-unsaturated/α-hetero) is 1. The van der Waals surface area contributed by atoms with Gasteiger partial charge in [0.15, 0.2) is 5.78 Å². The van der Waals surface area contributed by atoms with Crippen LogP contribution >= 0.6 is 11.6 Å². The Bertz CT molecular complexity index is 1730. The molecule has 0 fully saturated rings. The van der Waals surface area contributed by atoms with Gasteiger partial charge in [0.1, 0.15) is 17.3 Å². The molecular weight excluding hydrogens is 562 g/mol. The van der Waals surface area contributed by atoms with Crippen LogP contribution in [0.1, 0.15) is 42.7 Å². The number of nitriles is 1. The maximum atomic E-state index is 14.0. The number of anilines is 1. The number of ketones is 1. The van der Waals surface area contributed by atoms with E-state index in [1.165, 1.54) is 35.2 Å². The molecule has 42 heavy (non-hydrogen) atoms. The second-order valence-electron chi connectivity index (χ2n) is 9.78. The largest absolute Gasteiger partial charge is 0.494 e. The molecule has 0 radical (unpaired) electrons. The first-order valence-corrected chi connectivity index (χ1v) is 13.4. The normalized spacial score (nSPS) is 18.4. The van der Waals surface area contributed by atoms with Crippen LogP contribution in [0.2, 0.25) is 5.02 Å². The van der Waals surface area contributed by atoms with Gasteiger partial charge >= 0.3 is 0 Å². The number of halogens is 1. The van der Waals surface area contributed by atoms with Crippen molar-refractivity contribution >= 4 is 34.4 Å². The second kappa shape index (κ2) is 11.3. The highest BCUT2D eigenvalue weighted by Gasteiger charge is 2.45. The predicted molar refractivity (Wildman–Crippen MR) is 155 cm³/mol. The molecule has 0 saturated carbocycles. The summed E-state index contributed by atoms with van der Waals surface area (Å²) in [4.78, 5) is 38.1. The summed E-state index contributed by atoms with van der Waals surface area (Å²) < 4.78 is 5.47. The summed E-state index contributed by atoms with van der Waals surface area (Å²) in [7, 11) is 0. The smallest absolute Gasteiger partial charge is 0.296 e. The molecule has 1 aliphatic carbocycles. The van der Waals surface area contributed by atoms with E-state index in [4.69, 9.17) is 22.1 Å². The van der Waals surface area contributed by atoms with Gasteiger partial charge in [-0.15, -0.1) is 0 Å². The summed E-state index contributed by atoms with van der Waals surface area (Å²) in [6.07, 6.45) is 0.335. The lowest BCUT2D eigenvalue weighted by atomic mass is 9.71. The van der Waals surface area contributed by atoms with Gasteiger partial charge in [0.05, 0.1) is 40.1 Å². The van der Waals surface area contributed by atoms with E-state index in [-0.39, 0.29) is 81.5 Å². The highest BCUT2D eigenvalue weighted by molar-refractivity contribution is 6.31. The van der Waals surface area contributed by atoms with Crippen molar-refractivity contribution in [2.45, 2.75) is 31.6 Å². The molecule has 0 unspecified atom stereocenters. The number of ether oxygens (including phenoxy) is 1. The highest BCUT2D eigenvalue weighted by Crippen LogP contribution is 2.52. The molecule has 0 bridgehead atoms. The summed E-state index contributed by atoms with van der Waals surface area (Å²) in [5.41, 5.74) is 7.56. The predicted octanol–water partition coefficient (Wildman–Crippen LogP) is 6.25. The molecule has 1 heterocycles. The number of nitro groups is 2. The van der Waals surface area contributed by atoms with Crippen LogP contribution in [-0.4, -0.2) is 22.2 Å². The van der Waals surface area contributed by atoms with E-state index in [9.17, 15) is 30.3 Å². The monoisotopic (exact) mass is 585 g/mol. The van der Waals surface area contributed by atoms with Crippen LogP contribution < -0.4 is 15.4 Å². The fourth-order valence-electron chi connectivity index (χ4n) is 5.64. The molecule has 212 valence electrons. The number of hydrogen-bond donors (Lipinski definition) is 1. The number of nitrogens with zero attached hydrogens (tertiary/aromatic N) is 4. The van der Waals surface area contributed by atoms with Crippen LogP contribution in [0.5, 0.6) is 5.75 Å². The first-order chi connectivity index (χ1) is 20.2. The van der Waals surface area contributed by atoms with Crippen molar-refractivity contribution in [3.8, 4) is 11.8 Å². The fraction of sp³-hybridized carbons (Fsp3) is 0.200. The van der Waals surface area contributed by atoms with Crippen LogP contribution in [0.15, 0.2) is 89.4 Å². The molecule has 0 saturated heterocycles. The summed E-state index contributed by atoms with van der Waals surface area (Å²) in [5, 5.41) is 34.3.